The van der Waals surface area contributed by atoms with E-state index in [1.54, 1.807) is 12.5 Å². The normalized spacial score (nSPS) is 25.4. The van der Waals surface area contributed by atoms with E-state index in [4.69, 9.17) is 4.42 Å². The summed E-state index contributed by atoms with van der Waals surface area (Å²) in [7, 11) is 0. The Morgan fingerprint density at radius 1 is 1.47 bits per heavy atom. The summed E-state index contributed by atoms with van der Waals surface area (Å²) in [5.41, 5.74) is 0.869. The topological polar surface area (TPSA) is 49.5 Å². The minimum Gasteiger partial charge on any atom is -0.464 e. The molecular formula is C13H16N2O2. The number of hydrogen-bond donors (Lipinski definition) is 1. The maximum atomic E-state index is 9.75. The molecule has 0 bridgehead atoms. The van der Waals surface area contributed by atoms with Gasteiger partial charge in [-0.3, -0.25) is 0 Å². The third kappa shape index (κ3) is 1.78. The molecule has 0 amide bonds. The molecule has 0 aromatic carbocycles. The van der Waals surface area contributed by atoms with Crippen molar-refractivity contribution in [1.82, 2.24) is 4.98 Å². The van der Waals surface area contributed by atoms with Crippen LogP contribution in [0.4, 0.5) is 5.82 Å². The zero-order valence-electron chi connectivity index (χ0n) is 9.84. The van der Waals surface area contributed by atoms with Crippen LogP contribution in [0.15, 0.2) is 29.0 Å². The molecule has 1 fully saturated rings. The summed E-state index contributed by atoms with van der Waals surface area (Å²) in [5, 5.41) is 10.8. The first kappa shape index (κ1) is 10.6. The second kappa shape index (κ2) is 4.04. The highest BCUT2D eigenvalue weighted by molar-refractivity contribution is 5.88. The average molecular weight is 232 g/mol. The smallest absolute Gasteiger partial charge is 0.139 e. The highest BCUT2D eigenvalue weighted by Crippen LogP contribution is 2.28. The largest absolute Gasteiger partial charge is 0.464 e. The molecule has 1 saturated heterocycles. The number of hydrogen-bond acceptors (Lipinski definition) is 4. The van der Waals surface area contributed by atoms with E-state index in [1.807, 2.05) is 12.1 Å². The molecule has 0 saturated carbocycles. The fourth-order valence-corrected chi connectivity index (χ4v) is 2.46. The fraction of sp³-hybridized carbons (Fsp3) is 0.462. The van der Waals surface area contributed by atoms with Crippen LogP contribution in [0, 0.1) is 5.92 Å². The molecule has 3 heterocycles. The third-order valence-corrected chi connectivity index (χ3v) is 3.52. The van der Waals surface area contributed by atoms with Gasteiger partial charge in [0.25, 0.3) is 0 Å². The van der Waals surface area contributed by atoms with Crippen LogP contribution in [-0.2, 0) is 0 Å². The molecule has 90 valence electrons. The lowest BCUT2D eigenvalue weighted by molar-refractivity contribution is 0.0969. The average Bonchev–Trinajstić information content (AvgIpc) is 2.80. The summed E-state index contributed by atoms with van der Waals surface area (Å²) in [5.74, 6) is 1.25. The van der Waals surface area contributed by atoms with E-state index in [0.29, 0.717) is 0 Å². The number of piperidine rings is 1. The first-order chi connectivity index (χ1) is 8.25. The van der Waals surface area contributed by atoms with Crippen molar-refractivity contribution in [3.8, 4) is 0 Å². The number of aromatic nitrogens is 1. The van der Waals surface area contributed by atoms with Gasteiger partial charge in [-0.15, -0.1) is 0 Å². The van der Waals surface area contributed by atoms with Crippen molar-refractivity contribution < 1.29 is 9.52 Å². The highest BCUT2D eigenvalue weighted by atomic mass is 16.3. The van der Waals surface area contributed by atoms with Crippen molar-refractivity contribution in [3.63, 3.8) is 0 Å². The predicted molar refractivity (Wildman–Crippen MR) is 66.0 cm³/mol. The number of fused-ring (bicyclic) bond motifs is 1. The van der Waals surface area contributed by atoms with Crippen LogP contribution in [0.5, 0.6) is 0 Å². The lowest BCUT2D eigenvalue weighted by Crippen LogP contribution is -2.42. The molecule has 0 radical (unpaired) electrons. The van der Waals surface area contributed by atoms with Gasteiger partial charge in [-0.1, -0.05) is 6.92 Å². The van der Waals surface area contributed by atoms with Crippen molar-refractivity contribution in [1.29, 1.82) is 0 Å². The first-order valence-corrected chi connectivity index (χ1v) is 6.01. The van der Waals surface area contributed by atoms with Crippen molar-refractivity contribution in [2.24, 2.45) is 5.92 Å². The summed E-state index contributed by atoms with van der Waals surface area (Å²) in [6, 6.07) is 3.83. The number of rotatable bonds is 1. The van der Waals surface area contributed by atoms with E-state index < -0.39 is 0 Å². The van der Waals surface area contributed by atoms with Crippen molar-refractivity contribution >= 4 is 16.8 Å². The van der Waals surface area contributed by atoms with Crippen LogP contribution in [-0.4, -0.2) is 29.3 Å². The van der Waals surface area contributed by atoms with E-state index in [9.17, 15) is 5.11 Å². The molecule has 0 spiro atoms. The van der Waals surface area contributed by atoms with Crippen LogP contribution in [0.2, 0.25) is 0 Å². The minimum atomic E-state index is -0.185. The van der Waals surface area contributed by atoms with Crippen molar-refractivity contribution in [3.05, 3.63) is 24.6 Å². The van der Waals surface area contributed by atoms with Crippen LogP contribution in [0.3, 0.4) is 0 Å². The molecule has 17 heavy (non-hydrogen) atoms. The van der Waals surface area contributed by atoms with Gasteiger partial charge in [0.15, 0.2) is 0 Å². The van der Waals surface area contributed by atoms with E-state index in [0.717, 1.165) is 36.3 Å². The predicted octanol–water partition coefficient (Wildman–Crippen LogP) is 2.03. The molecule has 4 heteroatoms. The van der Waals surface area contributed by atoms with Crippen LogP contribution >= 0.6 is 0 Å². The quantitative estimate of drug-likeness (QED) is 0.817. The van der Waals surface area contributed by atoms with Crippen LogP contribution in [0.1, 0.15) is 13.3 Å². The van der Waals surface area contributed by atoms with Gasteiger partial charge >= 0.3 is 0 Å². The number of anilines is 1. The second-order valence-electron chi connectivity index (χ2n) is 4.75. The molecule has 3 rings (SSSR count). The summed E-state index contributed by atoms with van der Waals surface area (Å²) in [6.07, 6.45) is 4.08. The molecule has 4 nitrogen and oxygen atoms in total. The molecule has 2 unspecified atom stereocenters. The Morgan fingerprint density at radius 3 is 3.18 bits per heavy atom. The van der Waals surface area contributed by atoms with E-state index in [1.165, 1.54) is 0 Å². The molecule has 1 aliphatic heterocycles. The Bertz CT molecular complexity index is 523. The SMILES string of the molecule is CC1CN(c2nccc3occc23)CCC1O. The summed E-state index contributed by atoms with van der Waals surface area (Å²) < 4.78 is 5.38. The summed E-state index contributed by atoms with van der Waals surface area (Å²) >= 11 is 0. The third-order valence-electron chi connectivity index (χ3n) is 3.52. The number of nitrogens with zero attached hydrogens (tertiary/aromatic N) is 2. The van der Waals surface area contributed by atoms with Crippen LogP contribution < -0.4 is 4.90 Å². The van der Waals surface area contributed by atoms with Gasteiger partial charge in [0.2, 0.25) is 0 Å². The van der Waals surface area contributed by atoms with E-state index in [2.05, 4.69) is 16.8 Å². The maximum Gasteiger partial charge on any atom is 0.139 e. The second-order valence-corrected chi connectivity index (χ2v) is 4.75. The number of aliphatic hydroxyl groups is 1. The summed E-state index contributed by atoms with van der Waals surface area (Å²) in [4.78, 5) is 6.68. The Balaban J connectivity index is 1.96. The Hall–Kier alpha value is -1.55. The number of pyridine rings is 1. The van der Waals surface area contributed by atoms with Gasteiger partial charge < -0.3 is 14.4 Å². The van der Waals surface area contributed by atoms with Crippen molar-refractivity contribution in [2.75, 3.05) is 18.0 Å². The molecule has 2 atom stereocenters. The standard InChI is InChI=1S/C13H16N2O2/c1-9-8-15(6-3-11(9)16)13-10-4-7-17-12(10)2-5-14-13/h2,4-5,7,9,11,16H,3,6,8H2,1H3. The zero-order chi connectivity index (χ0) is 11.8. The Labute approximate surface area is 99.9 Å². The maximum absolute atomic E-state index is 9.75. The molecule has 2 aromatic heterocycles. The Morgan fingerprint density at radius 2 is 2.35 bits per heavy atom. The molecule has 0 aliphatic carbocycles. The first-order valence-electron chi connectivity index (χ1n) is 6.01. The van der Waals surface area contributed by atoms with Gasteiger partial charge in [-0.25, -0.2) is 4.98 Å². The van der Waals surface area contributed by atoms with Gasteiger partial charge in [-0.2, -0.15) is 0 Å². The molecule has 1 N–H and O–H groups in total. The summed E-state index contributed by atoms with van der Waals surface area (Å²) in [6.45, 7) is 3.77. The minimum absolute atomic E-state index is 0.185. The molecule has 2 aromatic rings. The monoisotopic (exact) mass is 232 g/mol. The van der Waals surface area contributed by atoms with Crippen molar-refractivity contribution in [2.45, 2.75) is 19.4 Å². The molecular weight excluding hydrogens is 216 g/mol. The zero-order valence-corrected chi connectivity index (χ0v) is 9.84. The van der Waals surface area contributed by atoms with Gasteiger partial charge in [0, 0.05) is 19.3 Å². The van der Waals surface area contributed by atoms with E-state index >= 15 is 0 Å². The highest BCUT2D eigenvalue weighted by Gasteiger charge is 2.26. The lowest BCUT2D eigenvalue weighted by Gasteiger charge is -2.35. The van der Waals surface area contributed by atoms with Crippen LogP contribution in [0.25, 0.3) is 11.0 Å². The lowest BCUT2D eigenvalue weighted by atomic mass is 9.96. The van der Waals surface area contributed by atoms with Gasteiger partial charge in [0.1, 0.15) is 11.4 Å². The Kier molecular flexibility index (Phi) is 2.52. The number of aliphatic hydroxyl groups excluding tert-OH is 1. The van der Waals surface area contributed by atoms with E-state index in [-0.39, 0.29) is 12.0 Å². The van der Waals surface area contributed by atoms with Gasteiger partial charge in [0.05, 0.1) is 17.8 Å². The van der Waals surface area contributed by atoms with Gasteiger partial charge in [-0.05, 0) is 24.5 Å². The fourth-order valence-electron chi connectivity index (χ4n) is 2.46. The molecule has 1 aliphatic rings. The number of furan rings is 1.